The molecular weight excluding hydrogens is 164 g/mol. The SMILES string of the molecule is Cc1ccc2c(c1)OCC(C#N)N2. The number of nitrogens with one attached hydrogen (secondary N) is 1. The minimum absolute atomic E-state index is 0.227. The molecule has 1 aromatic rings. The van der Waals surface area contributed by atoms with Gasteiger partial charge in [0, 0.05) is 0 Å². The van der Waals surface area contributed by atoms with Gasteiger partial charge in [-0.05, 0) is 24.6 Å². The summed E-state index contributed by atoms with van der Waals surface area (Å²) >= 11 is 0. The van der Waals surface area contributed by atoms with Gasteiger partial charge in [0.05, 0.1) is 11.8 Å². The molecule has 1 unspecified atom stereocenters. The van der Waals surface area contributed by atoms with Crippen molar-refractivity contribution in [3.05, 3.63) is 23.8 Å². The number of fused-ring (bicyclic) bond motifs is 1. The number of anilines is 1. The standard InChI is InChI=1S/C10H10N2O/c1-7-2-3-9-10(4-7)13-6-8(5-11)12-9/h2-4,8,12H,6H2,1H3. The fourth-order valence-electron chi connectivity index (χ4n) is 1.34. The number of rotatable bonds is 0. The van der Waals surface area contributed by atoms with E-state index in [2.05, 4.69) is 11.4 Å². The lowest BCUT2D eigenvalue weighted by Gasteiger charge is -2.23. The van der Waals surface area contributed by atoms with Gasteiger partial charge in [0.1, 0.15) is 18.4 Å². The average molecular weight is 174 g/mol. The highest BCUT2D eigenvalue weighted by Gasteiger charge is 2.17. The molecule has 0 saturated carbocycles. The van der Waals surface area contributed by atoms with Crippen LogP contribution in [0.15, 0.2) is 18.2 Å². The molecule has 66 valence electrons. The van der Waals surface area contributed by atoms with Crippen LogP contribution in [0.5, 0.6) is 5.75 Å². The second-order valence-corrected chi connectivity index (χ2v) is 3.14. The molecule has 1 aliphatic heterocycles. The number of nitriles is 1. The van der Waals surface area contributed by atoms with Crippen molar-refractivity contribution in [2.75, 3.05) is 11.9 Å². The highest BCUT2D eigenvalue weighted by Crippen LogP contribution is 2.29. The van der Waals surface area contributed by atoms with Gasteiger partial charge in [0.2, 0.25) is 0 Å². The Balaban J connectivity index is 2.32. The van der Waals surface area contributed by atoms with E-state index in [1.165, 1.54) is 0 Å². The van der Waals surface area contributed by atoms with Gasteiger partial charge < -0.3 is 10.1 Å². The first-order chi connectivity index (χ1) is 6.29. The molecule has 0 aromatic heterocycles. The van der Waals surface area contributed by atoms with Crippen LogP contribution >= 0.6 is 0 Å². The second-order valence-electron chi connectivity index (χ2n) is 3.14. The summed E-state index contributed by atoms with van der Waals surface area (Å²) in [6.07, 6.45) is 0. The third-order valence-corrected chi connectivity index (χ3v) is 2.03. The maximum atomic E-state index is 8.68. The van der Waals surface area contributed by atoms with Crippen molar-refractivity contribution >= 4 is 5.69 Å². The summed E-state index contributed by atoms with van der Waals surface area (Å²) < 4.78 is 5.42. The van der Waals surface area contributed by atoms with E-state index in [1.807, 2.05) is 25.1 Å². The Morgan fingerprint density at radius 1 is 1.62 bits per heavy atom. The van der Waals surface area contributed by atoms with Gasteiger partial charge in [0.15, 0.2) is 0 Å². The molecule has 0 radical (unpaired) electrons. The third kappa shape index (κ3) is 1.43. The highest BCUT2D eigenvalue weighted by atomic mass is 16.5. The van der Waals surface area contributed by atoms with E-state index < -0.39 is 0 Å². The Hall–Kier alpha value is -1.69. The van der Waals surface area contributed by atoms with Gasteiger partial charge in [-0.15, -0.1) is 0 Å². The van der Waals surface area contributed by atoms with E-state index in [0.717, 1.165) is 17.0 Å². The molecular formula is C10H10N2O. The van der Waals surface area contributed by atoms with Crippen molar-refractivity contribution in [3.63, 3.8) is 0 Å². The van der Waals surface area contributed by atoms with Gasteiger partial charge in [-0.25, -0.2) is 0 Å². The Labute approximate surface area is 76.9 Å². The highest BCUT2D eigenvalue weighted by molar-refractivity contribution is 5.60. The molecule has 1 aromatic carbocycles. The molecule has 1 atom stereocenters. The lowest BCUT2D eigenvalue weighted by Crippen LogP contribution is -2.29. The van der Waals surface area contributed by atoms with Crippen molar-refractivity contribution in [1.29, 1.82) is 5.26 Å². The second kappa shape index (κ2) is 2.98. The molecule has 0 amide bonds. The van der Waals surface area contributed by atoms with Gasteiger partial charge in [0.25, 0.3) is 0 Å². The van der Waals surface area contributed by atoms with Crippen molar-refractivity contribution in [3.8, 4) is 11.8 Å². The molecule has 0 fully saturated rings. The average Bonchev–Trinajstić information content (AvgIpc) is 2.17. The fourth-order valence-corrected chi connectivity index (χ4v) is 1.34. The van der Waals surface area contributed by atoms with E-state index in [4.69, 9.17) is 10.00 Å². The first-order valence-corrected chi connectivity index (χ1v) is 4.19. The predicted octanol–water partition coefficient (Wildman–Crippen LogP) is 1.69. The number of nitrogens with zero attached hydrogens (tertiary/aromatic N) is 1. The van der Waals surface area contributed by atoms with Crippen LogP contribution in [0.25, 0.3) is 0 Å². The normalized spacial score (nSPS) is 19.2. The van der Waals surface area contributed by atoms with Crippen molar-refractivity contribution < 1.29 is 4.74 Å². The summed E-state index contributed by atoms with van der Waals surface area (Å²) in [6.45, 7) is 2.44. The molecule has 1 aliphatic rings. The zero-order valence-electron chi connectivity index (χ0n) is 7.37. The van der Waals surface area contributed by atoms with Crippen LogP contribution in [0.1, 0.15) is 5.56 Å². The number of aryl methyl sites for hydroxylation is 1. The van der Waals surface area contributed by atoms with Crippen LogP contribution in [0.4, 0.5) is 5.69 Å². The first kappa shape index (κ1) is 7.93. The smallest absolute Gasteiger partial charge is 0.149 e. The minimum atomic E-state index is -0.227. The Morgan fingerprint density at radius 3 is 3.23 bits per heavy atom. The molecule has 0 spiro atoms. The monoisotopic (exact) mass is 174 g/mol. The van der Waals surface area contributed by atoms with Gasteiger partial charge in [-0.2, -0.15) is 5.26 Å². The molecule has 3 heteroatoms. The summed E-state index contributed by atoms with van der Waals surface area (Å²) in [5.74, 6) is 0.839. The van der Waals surface area contributed by atoms with E-state index in [1.54, 1.807) is 0 Å². The summed E-state index contributed by atoms with van der Waals surface area (Å²) in [5.41, 5.74) is 2.07. The molecule has 0 bridgehead atoms. The Morgan fingerprint density at radius 2 is 2.46 bits per heavy atom. The summed E-state index contributed by atoms with van der Waals surface area (Å²) in [6, 6.07) is 7.80. The number of hydrogen-bond donors (Lipinski definition) is 1. The zero-order chi connectivity index (χ0) is 9.26. The lowest BCUT2D eigenvalue weighted by molar-refractivity contribution is 0.304. The molecule has 3 nitrogen and oxygen atoms in total. The molecule has 1 heterocycles. The maximum absolute atomic E-state index is 8.68. The number of hydrogen-bond acceptors (Lipinski definition) is 3. The van der Waals surface area contributed by atoms with Crippen LogP contribution in [0.2, 0.25) is 0 Å². The van der Waals surface area contributed by atoms with Crippen LogP contribution in [-0.2, 0) is 0 Å². The maximum Gasteiger partial charge on any atom is 0.149 e. The molecule has 2 rings (SSSR count). The summed E-state index contributed by atoms with van der Waals surface area (Å²) in [5, 5.41) is 11.8. The zero-order valence-corrected chi connectivity index (χ0v) is 7.37. The first-order valence-electron chi connectivity index (χ1n) is 4.19. The van der Waals surface area contributed by atoms with Crippen LogP contribution in [-0.4, -0.2) is 12.6 Å². The third-order valence-electron chi connectivity index (χ3n) is 2.03. The van der Waals surface area contributed by atoms with E-state index in [0.29, 0.717) is 6.61 Å². The molecule has 1 N–H and O–H groups in total. The van der Waals surface area contributed by atoms with Gasteiger partial charge in [-0.1, -0.05) is 6.07 Å². The largest absolute Gasteiger partial charge is 0.488 e. The van der Waals surface area contributed by atoms with Crippen LogP contribution < -0.4 is 10.1 Å². The van der Waals surface area contributed by atoms with Crippen molar-refractivity contribution in [1.82, 2.24) is 0 Å². The Bertz CT molecular complexity index is 368. The summed E-state index contributed by atoms with van der Waals surface area (Å²) in [4.78, 5) is 0. The molecule has 0 saturated heterocycles. The van der Waals surface area contributed by atoms with E-state index >= 15 is 0 Å². The van der Waals surface area contributed by atoms with Crippen LogP contribution in [0.3, 0.4) is 0 Å². The van der Waals surface area contributed by atoms with Crippen molar-refractivity contribution in [2.45, 2.75) is 13.0 Å². The van der Waals surface area contributed by atoms with Crippen molar-refractivity contribution in [2.24, 2.45) is 0 Å². The van der Waals surface area contributed by atoms with E-state index in [-0.39, 0.29) is 6.04 Å². The molecule has 13 heavy (non-hydrogen) atoms. The number of benzene rings is 1. The topological polar surface area (TPSA) is 45.0 Å². The Kier molecular flexibility index (Phi) is 1.82. The fraction of sp³-hybridized carbons (Fsp3) is 0.300. The van der Waals surface area contributed by atoms with Gasteiger partial charge >= 0.3 is 0 Å². The predicted molar refractivity (Wildman–Crippen MR) is 49.7 cm³/mol. The van der Waals surface area contributed by atoms with E-state index in [9.17, 15) is 0 Å². The van der Waals surface area contributed by atoms with Gasteiger partial charge in [-0.3, -0.25) is 0 Å². The lowest BCUT2D eigenvalue weighted by atomic mass is 10.1. The summed E-state index contributed by atoms with van der Waals surface area (Å²) in [7, 11) is 0. The molecule has 0 aliphatic carbocycles. The minimum Gasteiger partial charge on any atom is -0.488 e. The van der Waals surface area contributed by atoms with Crippen LogP contribution in [0, 0.1) is 18.3 Å². The number of ether oxygens (including phenoxy) is 1. The quantitative estimate of drug-likeness (QED) is 0.651.